The first-order valence-corrected chi connectivity index (χ1v) is 17.4. The number of benzene rings is 2. The summed E-state index contributed by atoms with van der Waals surface area (Å²) in [6.45, 7) is 9.80. The molecule has 0 fully saturated rings. The van der Waals surface area contributed by atoms with E-state index in [-0.39, 0.29) is 29.6 Å². The topological polar surface area (TPSA) is 188 Å². The maximum absolute atomic E-state index is 15.2. The molecule has 4 aromatic rings. The van der Waals surface area contributed by atoms with Crippen LogP contribution in [0.2, 0.25) is 0 Å². The Morgan fingerprint density at radius 3 is 2.21 bits per heavy atom. The number of anilines is 2. The molecule has 0 bridgehead atoms. The Kier molecular flexibility index (Phi) is 11.5. The van der Waals surface area contributed by atoms with Gasteiger partial charge >= 0.3 is 11.7 Å². The van der Waals surface area contributed by atoms with Crippen molar-refractivity contribution in [3.05, 3.63) is 110 Å². The van der Waals surface area contributed by atoms with Crippen LogP contribution in [-0.4, -0.2) is 53.0 Å². The second-order valence-electron chi connectivity index (χ2n) is 12.8. The number of ether oxygens (including phenoxy) is 1. The average Bonchev–Trinajstić information content (AvgIpc) is 3.08. The molecule has 1 atom stereocenters. The highest BCUT2D eigenvalue weighted by Crippen LogP contribution is 2.25. The third-order valence-corrected chi connectivity index (χ3v) is 9.43. The van der Waals surface area contributed by atoms with E-state index >= 15 is 8.78 Å². The van der Waals surface area contributed by atoms with Gasteiger partial charge in [0.1, 0.15) is 23.5 Å². The van der Waals surface area contributed by atoms with Crippen LogP contribution in [0.3, 0.4) is 0 Å². The highest BCUT2D eigenvalue weighted by atomic mass is 32.2. The third kappa shape index (κ3) is 8.59. The monoisotopic (exact) mass is 740 g/mol. The van der Waals surface area contributed by atoms with Gasteiger partial charge in [-0.05, 0) is 62.7 Å². The fourth-order valence-corrected chi connectivity index (χ4v) is 5.83. The fraction of sp³-hybridized carbons (Fsp3) is 0.314. The van der Waals surface area contributed by atoms with Crippen LogP contribution in [0.25, 0.3) is 5.82 Å². The highest BCUT2D eigenvalue weighted by molar-refractivity contribution is 7.92. The van der Waals surface area contributed by atoms with Crippen LogP contribution < -0.4 is 26.6 Å². The van der Waals surface area contributed by atoms with Crippen molar-refractivity contribution in [3.63, 3.8) is 0 Å². The molecule has 0 aliphatic heterocycles. The van der Waals surface area contributed by atoms with Crippen LogP contribution in [0.4, 0.5) is 20.2 Å². The zero-order valence-corrected chi connectivity index (χ0v) is 30.3. The molecule has 0 saturated heterocycles. The normalized spacial score (nSPS) is 12.2. The van der Waals surface area contributed by atoms with Gasteiger partial charge in [-0.2, -0.15) is 0 Å². The van der Waals surface area contributed by atoms with E-state index in [0.29, 0.717) is 34.6 Å². The number of amides is 2. The van der Waals surface area contributed by atoms with Gasteiger partial charge < -0.3 is 19.9 Å². The Hall–Kier alpha value is -5.71. The summed E-state index contributed by atoms with van der Waals surface area (Å²) < 4.78 is 65.5. The molecule has 14 nitrogen and oxygen atoms in total. The van der Waals surface area contributed by atoms with Crippen LogP contribution >= 0.6 is 0 Å². The maximum Gasteiger partial charge on any atom is 0.336 e. The smallest absolute Gasteiger partial charge is 0.336 e. The lowest BCUT2D eigenvalue weighted by atomic mass is 9.95. The molecule has 0 radical (unpaired) electrons. The third-order valence-electron chi connectivity index (χ3n) is 8.05. The molecule has 0 aliphatic carbocycles. The van der Waals surface area contributed by atoms with Crippen LogP contribution in [0.15, 0.2) is 69.2 Å². The van der Waals surface area contributed by atoms with Crippen molar-refractivity contribution in [1.82, 2.24) is 19.4 Å². The first-order chi connectivity index (χ1) is 24.2. The largest absolute Gasteiger partial charge is 0.464 e. The molecular formula is C35H38F2N6O8S. The number of sulfonamides is 1. The van der Waals surface area contributed by atoms with E-state index in [1.54, 1.807) is 34.6 Å². The minimum atomic E-state index is -4.44. The van der Waals surface area contributed by atoms with Gasteiger partial charge in [-0.1, -0.05) is 26.8 Å². The summed E-state index contributed by atoms with van der Waals surface area (Å²) in [7, 11) is -2.92. The SMILES string of the molecule is CCOC(=O)[C@H](Cc1ccc(-n2c(=O)c(C)c(C)n(C)c2=O)nc1)NC(=O)c1cc(F)c(NS(=O)(=O)c2ccc(NC(=O)C(C)(C)C)cc2)cc1F. The van der Waals surface area contributed by atoms with Gasteiger partial charge in [0.05, 0.1) is 22.8 Å². The van der Waals surface area contributed by atoms with E-state index in [1.165, 1.54) is 61.1 Å². The molecule has 3 N–H and O–H groups in total. The van der Waals surface area contributed by atoms with E-state index in [9.17, 15) is 32.4 Å². The van der Waals surface area contributed by atoms with E-state index in [2.05, 4.69) is 15.6 Å². The summed E-state index contributed by atoms with van der Waals surface area (Å²) in [5.74, 6) is -4.97. The Balaban J connectivity index is 1.52. The molecule has 0 unspecified atom stereocenters. The number of carbonyl (C=O) groups excluding carboxylic acids is 3. The van der Waals surface area contributed by atoms with Crippen molar-refractivity contribution in [2.24, 2.45) is 12.5 Å². The van der Waals surface area contributed by atoms with Crippen LogP contribution in [0, 0.1) is 30.9 Å². The second kappa shape index (κ2) is 15.3. The quantitative estimate of drug-likeness (QED) is 0.194. The molecule has 4 rings (SSSR count). The number of pyridine rings is 1. The molecule has 2 aromatic heterocycles. The second-order valence-corrected chi connectivity index (χ2v) is 14.5. The van der Waals surface area contributed by atoms with E-state index in [0.717, 1.165) is 4.57 Å². The van der Waals surface area contributed by atoms with Gasteiger partial charge in [-0.3, -0.25) is 19.1 Å². The molecule has 0 saturated carbocycles. The molecule has 2 aromatic carbocycles. The molecular weight excluding hydrogens is 702 g/mol. The Morgan fingerprint density at radius 1 is 0.981 bits per heavy atom. The molecule has 17 heteroatoms. The van der Waals surface area contributed by atoms with Crippen LogP contribution in [0.5, 0.6) is 0 Å². The Bertz CT molecular complexity index is 2230. The summed E-state index contributed by atoms with van der Waals surface area (Å²) in [4.78, 5) is 67.6. The van der Waals surface area contributed by atoms with Crippen molar-refractivity contribution in [2.45, 2.75) is 58.9 Å². The lowest BCUT2D eigenvalue weighted by molar-refractivity contribution is -0.145. The van der Waals surface area contributed by atoms with E-state index in [4.69, 9.17) is 4.74 Å². The number of carbonyl (C=O) groups is 3. The number of aromatic nitrogens is 3. The van der Waals surface area contributed by atoms with Gasteiger partial charge in [0.25, 0.3) is 21.5 Å². The van der Waals surface area contributed by atoms with Gasteiger partial charge in [-0.15, -0.1) is 0 Å². The van der Waals surface area contributed by atoms with Gasteiger partial charge in [0.15, 0.2) is 0 Å². The van der Waals surface area contributed by atoms with Crippen molar-refractivity contribution in [2.75, 3.05) is 16.6 Å². The molecule has 0 aliphatic rings. The Labute approximate surface area is 297 Å². The van der Waals surface area contributed by atoms with Crippen molar-refractivity contribution < 1.29 is 36.3 Å². The van der Waals surface area contributed by atoms with Gasteiger partial charge in [0.2, 0.25) is 5.91 Å². The zero-order valence-electron chi connectivity index (χ0n) is 29.5. The Morgan fingerprint density at radius 2 is 1.63 bits per heavy atom. The molecule has 52 heavy (non-hydrogen) atoms. The number of nitrogens with zero attached hydrogens (tertiary/aromatic N) is 3. The van der Waals surface area contributed by atoms with Gasteiger partial charge in [0, 0.05) is 48.1 Å². The standard InChI is InChI=1S/C35H38F2N6O8S/c1-8-51-32(46)28(15-21-9-14-29(38-18-21)43-31(45)19(2)20(3)42(7)34(43)48)40-30(44)24-16-26(37)27(17-25(24)36)41-52(49,50)23-12-10-22(11-13-23)39-33(47)35(4,5)6/h9-14,16-18,28,41H,8,15H2,1-7H3,(H,39,47)(H,40,44)/t28-/m0/s1. The number of halogens is 2. The number of rotatable bonds is 11. The summed E-state index contributed by atoms with van der Waals surface area (Å²) in [5.41, 5.74) is -1.96. The number of hydrogen-bond acceptors (Lipinski definition) is 9. The highest BCUT2D eigenvalue weighted by Gasteiger charge is 2.27. The average molecular weight is 741 g/mol. The lowest BCUT2D eigenvalue weighted by Gasteiger charge is -2.18. The van der Waals surface area contributed by atoms with Gasteiger partial charge in [-0.25, -0.2) is 36.3 Å². The number of nitrogens with one attached hydrogen (secondary N) is 3. The van der Waals surface area contributed by atoms with Crippen molar-refractivity contribution in [1.29, 1.82) is 0 Å². The van der Waals surface area contributed by atoms with Crippen molar-refractivity contribution in [3.8, 4) is 5.82 Å². The summed E-state index contributed by atoms with van der Waals surface area (Å²) in [6.07, 6.45) is 1.06. The molecule has 2 heterocycles. The van der Waals surface area contributed by atoms with Crippen molar-refractivity contribution >= 4 is 39.2 Å². The minimum absolute atomic E-state index is 0.0176. The van der Waals surface area contributed by atoms with E-state index < -0.39 is 67.5 Å². The van der Waals surface area contributed by atoms with Crippen LogP contribution in [0.1, 0.15) is 54.9 Å². The summed E-state index contributed by atoms with van der Waals surface area (Å²) in [6, 6.07) is 7.41. The first kappa shape index (κ1) is 39.1. The predicted molar refractivity (Wildman–Crippen MR) is 188 cm³/mol. The first-order valence-electron chi connectivity index (χ1n) is 15.9. The number of hydrogen-bond donors (Lipinski definition) is 3. The molecule has 276 valence electrons. The van der Waals surface area contributed by atoms with E-state index in [1.807, 2.05) is 4.72 Å². The maximum atomic E-state index is 15.2. The summed E-state index contributed by atoms with van der Waals surface area (Å²) in [5, 5.41) is 4.96. The summed E-state index contributed by atoms with van der Waals surface area (Å²) >= 11 is 0. The fourth-order valence-electron chi connectivity index (χ4n) is 4.77. The molecule has 2 amide bonds. The molecule has 0 spiro atoms. The van der Waals surface area contributed by atoms with Crippen LogP contribution in [-0.2, 0) is 37.8 Å². The zero-order chi connectivity index (χ0) is 38.7. The lowest BCUT2D eigenvalue weighted by Crippen LogP contribution is -2.43. The minimum Gasteiger partial charge on any atom is -0.464 e. The predicted octanol–water partition coefficient (Wildman–Crippen LogP) is 3.52. The number of esters is 1.